The van der Waals surface area contributed by atoms with Crippen LogP contribution >= 0.6 is 11.6 Å². The number of piperidine rings is 1. The summed E-state index contributed by atoms with van der Waals surface area (Å²) in [5.41, 5.74) is -0.372. The topological polar surface area (TPSA) is 67.0 Å². The molecule has 1 saturated heterocycles. The first-order chi connectivity index (χ1) is 7.77. The molecule has 1 aromatic rings. The van der Waals surface area contributed by atoms with E-state index in [-0.39, 0.29) is 16.5 Å². The fourth-order valence-electron chi connectivity index (χ4n) is 1.71. The minimum Gasteiger partial charge on any atom is -0.475 e. The van der Waals surface area contributed by atoms with Gasteiger partial charge in [-0.15, -0.1) is 0 Å². The minimum absolute atomic E-state index is 0.0123. The van der Waals surface area contributed by atoms with Gasteiger partial charge in [0.1, 0.15) is 6.61 Å². The van der Waals surface area contributed by atoms with Gasteiger partial charge in [-0.1, -0.05) is 18.0 Å². The van der Waals surface area contributed by atoms with Crippen LogP contribution in [0.15, 0.2) is 11.1 Å². The van der Waals surface area contributed by atoms with E-state index < -0.39 is 0 Å². The second-order valence-corrected chi connectivity index (χ2v) is 4.19. The van der Waals surface area contributed by atoms with Gasteiger partial charge in [-0.25, -0.2) is 4.98 Å². The Labute approximate surface area is 98.2 Å². The molecule has 1 atom stereocenters. The molecule has 6 heteroatoms. The molecule has 1 aliphatic rings. The molecule has 0 spiro atoms. The zero-order chi connectivity index (χ0) is 11.4. The van der Waals surface area contributed by atoms with Crippen molar-refractivity contribution in [2.45, 2.75) is 25.3 Å². The van der Waals surface area contributed by atoms with Gasteiger partial charge >= 0.3 is 0 Å². The van der Waals surface area contributed by atoms with Crippen molar-refractivity contribution in [3.8, 4) is 5.88 Å². The summed E-state index contributed by atoms with van der Waals surface area (Å²) in [6, 6.07) is 0.325. The quantitative estimate of drug-likeness (QED) is 0.829. The normalized spacial score (nSPS) is 20.7. The second-order valence-electron chi connectivity index (χ2n) is 3.81. The van der Waals surface area contributed by atoms with Crippen molar-refractivity contribution in [1.82, 2.24) is 15.3 Å². The van der Waals surface area contributed by atoms with E-state index in [0.29, 0.717) is 12.6 Å². The number of hydrogen-bond acceptors (Lipinski definition) is 4. The minimum atomic E-state index is -0.372. The van der Waals surface area contributed by atoms with E-state index in [1.54, 1.807) is 0 Å². The van der Waals surface area contributed by atoms with Crippen LogP contribution in [-0.4, -0.2) is 29.2 Å². The molecule has 0 radical (unpaired) electrons. The van der Waals surface area contributed by atoms with Crippen molar-refractivity contribution in [3.63, 3.8) is 0 Å². The summed E-state index contributed by atoms with van der Waals surface area (Å²) < 4.78 is 5.43. The van der Waals surface area contributed by atoms with Gasteiger partial charge in [-0.3, -0.25) is 4.79 Å². The van der Waals surface area contributed by atoms with Crippen LogP contribution in [0.4, 0.5) is 0 Å². The highest BCUT2D eigenvalue weighted by molar-refractivity contribution is 6.31. The lowest BCUT2D eigenvalue weighted by atomic mass is 10.1. The van der Waals surface area contributed by atoms with Gasteiger partial charge in [0.15, 0.2) is 5.02 Å². The maximum absolute atomic E-state index is 11.2. The first-order valence-corrected chi connectivity index (χ1v) is 5.74. The number of nitrogens with zero attached hydrogens (tertiary/aromatic N) is 1. The molecule has 2 N–H and O–H groups in total. The Hall–Kier alpha value is -1.07. The van der Waals surface area contributed by atoms with Gasteiger partial charge in [0.05, 0.1) is 6.33 Å². The van der Waals surface area contributed by atoms with Crippen LogP contribution in [0, 0.1) is 0 Å². The summed E-state index contributed by atoms with van der Waals surface area (Å²) in [6.07, 6.45) is 4.79. The second kappa shape index (κ2) is 5.32. The molecule has 2 heterocycles. The summed E-state index contributed by atoms with van der Waals surface area (Å²) in [6.45, 7) is 1.51. The van der Waals surface area contributed by atoms with Crippen molar-refractivity contribution >= 4 is 11.6 Å². The number of aromatic nitrogens is 2. The Kier molecular flexibility index (Phi) is 3.79. The predicted octanol–water partition coefficient (Wildman–Crippen LogP) is 0.944. The van der Waals surface area contributed by atoms with Crippen molar-refractivity contribution in [2.24, 2.45) is 0 Å². The van der Waals surface area contributed by atoms with Crippen LogP contribution in [0.5, 0.6) is 5.88 Å². The first-order valence-electron chi connectivity index (χ1n) is 5.37. The molecule has 1 unspecified atom stereocenters. The van der Waals surface area contributed by atoms with Crippen LogP contribution < -0.4 is 15.6 Å². The number of rotatable bonds is 3. The number of hydrogen-bond donors (Lipinski definition) is 2. The highest BCUT2D eigenvalue weighted by atomic mass is 35.5. The average molecular weight is 244 g/mol. The van der Waals surface area contributed by atoms with Crippen molar-refractivity contribution in [2.75, 3.05) is 13.2 Å². The van der Waals surface area contributed by atoms with E-state index in [1.807, 2.05) is 0 Å². The average Bonchev–Trinajstić information content (AvgIpc) is 2.32. The standard InChI is InChI=1S/C10H14ClN3O2/c11-8-9(15)13-6-14-10(8)16-5-7-3-1-2-4-12-7/h6-7,12H,1-5H2,(H,13,14,15). The largest absolute Gasteiger partial charge is 0.475 e. The fraction of sp³-hybridized carbons (Fsp3) is 0.600. The summed E-state index contributed by atoms with van der Waals surface area (Å²) >= 11 is 5.76. The Bertz CT molecular complexity index is 401. The summed E-state index contributed by atoms with van der Waals surface area (Å²) in [5.74, 6) is 0.206. The van der Waals surface area contributed by atoms with Gasteiger partial charge in [0, 0.05) is 6.04 Å². The molecule has 1 aromatic heterocycles. The number of nitrogens with one attached hydrogen (secondary N) is 2. The summed E-state index contributed by atoms with van der Waals surface area (Å²) in [4.78, 5) is 17.4. The molecule has 0 aliphatic carbocycles. The zero-order valence-electron chi connectivity index (χ0n) is 8.83. The number of ether oxygens (including phenoxy) is 1. The van der Waals surface area contributed by atoms with E-state index in [1.165, 1.54) is 19.2 Å². The van der Waals surface area contributed by atoms with E-state index in [2.05, 4.69) is 15.3 Å². The van der Waals surface area contributed by atoms with Crippen LogP contribution in [-0.2, 0) is 0 Å². The maximum Gasteiger partial charge on any atom is 0.273 e. The zero-order valence-corrected chi connectivity index (χ0v) is 9.59. The Morgan fingerprint density at radius 1 is 1.56 bits per heavy atom. The number of H-pyrrole nitrogens is 1. The third-order valence-corrected chi connectivity index (χ3v) is 2.93. The lowest BCUT2D eigenvalue weighted by molar-refractivity contribution is 0.231. The molecule has 2 rings (SSSR count). The molecule has 0 bridgehead atoms. The van der Waals surface area contributed by atoms with Crippen LogP contribution in [0.3, 0.4) is 0 Å². The molecule has 88 valence electrons. The number of aromatic amines is 1. The Morgan fingerprint density at radius 3 is 3.19 bits per heavy atom. The SMILES string of the molecule is O=c1[nH]cnc(OCC2CCCCN2)c1Cl. The number of halogens is 1. The smallest absolute Gasteiger partial charge is 0.273 e. The van der Waals surface area contributed by atoms with Gasteiger partial charge in [-0.05, 0) is 19.4 Å². The van der Waals surface area contributed by atoms with E-state index in [0.717, 1.165) is 13.0 Å². The molecular formula is C10H14ClN3O2. The Morgan fingerprint density at radius 2 is 2.44 bits per heavy atom. The monoisotopic (exact) mass is 243 g/mol. The fourth-order valence-corrected chi connectivity index (χ4v) is 1.87. The molecular weight excluding hydrogens is 230 g/mol. The van der Waals surface area contributed by atoms with Gasteiger partial charge in [-0.2, -0.15) is 0 Å². The van der Waals surface area contributed by atoms with Crippen LogP contribution in [0.2, 0.25) is 5.02 Å². The van der Waals surface area contributed by atoms with Crippen LogP contribution in [0.25, 0.3) is 0 Å². The third-order valence-electron chi connectivity index (χ3n) is 2.60. The molecule has 5 nitrogen and oxygen atoms in total. The molecule has 1 fully saturated rings. The summed E-state index contributed by atoms with van der Waals surface area (Å²) in [7, 11) is 0. The van der Waals surface area contributed by atoms with E-state index in [9.17, 15) is 4.79 Å². The van der Waals surface area contributed by atoms with Crippen molar-refractivity contribution in [3.05, 3.63) is 21.7 Å². The van der Waals surface area contributed by atoms with Crippen molar-refractivity contribution in [1.29, 1.82) is 0 Å². The summed E-state index contributed by atoms with van der Waals surface area (Å²) in [5, 5.41) is 3.35. The van der Waals surface area contributed by atoms with Crippen molar-refractivity contribution < 1.29 is 4.74 Å². The third kappa shape index (κ3) is 2.74. The molecule has 1 aliphatic heterocycles. The first kappa shape index (κ1) is 11.4. The van der Waals surface area contributed by atoms with E-state index >= 15 is 0 Å². The Balaban J connectivity index is 1.93. The van der Waals surface area contributed by atoms with E-state index in [4.69, 9.17) is 16.3 Å². The predicted molar refractivity (Wildman–Crippen MR) is 61.0 cm³/mol. The highest BCUT2D eigenvalue weighted by Crippen LogP contribution is 2.16. The lowest BCUT2D eigenvalue weighted by Crippen LogP contribution is -2.38. The molecule has 0 aromatic carbocycles. The maximum atomic E-state index is 11.2. The molecule has 0 saturated carbocycles. The highest BCUT2D eigenvalue weighted by Gasteiger charge is 2.14. The lowest BCUT2D eigenvalue weighted by Gasteiger charge is -2.23. The molecule has 0 amide bonds. The van der Waals surface area contributed by atoms with Gasteiger partial charge in [0.25, 0.3) is 5.56 Å². The van der Waals surface area contributed by atoms with Gasteiger partial charge in [0.2, 0.25) is 5.88 Å². The molecule has 16 heavy (non-hydrogen) atoms. The van der Waals surface area contributed by atoms with Crippen LogP contribution in [0.1, 0.15) is 19.3 Å². The van der Waals surface area contributed by atoms with Gasteiger partial charge < -0.3 is 15.0 Å².